The number of carbonyl (C=O) groups is 2. The maximum absolute atomic E-state index is 12.5. The van der Waals surface area contributed by atoms with Gasteiger partial charge in [-0.25, -0.2) is 0 Å². The summed E-state index contributed by atoms with van der Waals surface area (Å²) in [6.07, 6.45) is 0.186. The van der Waals surface area contributed by atoms with Crippen LogP contribution < -0.4 is 15.4 Å². The van der Waals surface area contributed by atoms with Crippen molar-refractivity contribution < 1.29 is 14.3 Å². The van der Waals surface area contributed by atoms with Crippen LogP contribution in [0.5, 0.6) is 5.75 Å². The summed E-state index contributed by atoms with van der Waals surface area (Å²) in [4.78, 5) is 23.6. The fourth-order valence-electron chi connectivity index (χ4n) is 2.96. The van der Waals surface area contributed by atoms with Gasteiger partial charge in [0.05, 0.1) is 17.1 Å². The highest BCUT2D eigenvalue weighted by Crippen LogP contribution is 2.26. The van der Waals surface area contributed by atoms with E-state index in [0.717, 1.165) is 11.1 Å². The molecule has 6 heteroatoms. The van der Waals surface area contributed by atoms with Crippen LogP contribution >= 0.6 is 11.6 Å². The number of anilines is 2. The molecule has 3 rings (SSSR count). The molecular weight excluding hydrogens is 400 g/mol. The van der Waals surface area contributed by atoms with Gasteiger partial charge < -0.3 is 15.4 Å². The molecule has 0 radical (unpaired) electrons. The van der Waals surface area contributed by atoms with Crippen molar-refractivity contribution in [2.24, 2.45) is 0 Å². The van der Waals surface area contributed by atoms with E-state index in [0.29, 0.717) is 28.8 Å². The topological polar surface area (TPSA) is 67.4 Å². The van der Waals surface area contributed by atoms with E-state index in [9.17, 15) is 9.59 Å². The first-order valence-corrected chi connectivity index (χ1v) is 9.92. The Kier molecular flexibility index (Phi) is 7.09. The average molecular weight is 423 g/mol. The van der Waals surface area contributed by atoms with Crippen LogP contribution in [0.4, 0.5) is 11.4 Å². The standard InChI is InChI=1S/C24H23ClN2O3/c1-16-6-3-4-8-19(16)15-30-21-9-5-7-18(12-21)13-24(29)27-23-11-10-20(14-22(23)25)26-17(2)28/h3-12,14H,13,15H2,1-2H3,(H,26,28)(H,27,29). The van der Waals surface area contributed by atoms with Crippen molar-refractivity contribution >= 4 is 34.8 Å². The summed E-state index contributed by atoms with van der Waals surface area (Å²) < 4.78 is 5.89. The average Bonchev–Trinajstić information content (AvgIpc) is 2.69. The van der Waals surface area contributed by atoms with Gasteiger partial charge in [0, 0.05) is 12.6 Å². The fraction of sp³-hybridized carbons (Fsp3) is 0.167. The van der Waals surface area contributed by atoms with E-state index in [1.165, 1.54) is 12.5 Å². The van der Waals surface area contributed by atoms with E-state index in [-0.39, 0.29) is 18.2 Å². The van der Waals surface area contributed by atoms with Crippen molar-refractivity contribution in [1.82, 2.24) is 0 Å². The van der Waals surface area contributed by atoms with Crippen LogP contribution in [0.25, 0.3) is 0 Å². The van der Waals surface area contributed by atoms with Gasteiger partial charge in [-0.3, -0.25) is 9.59 Å². The Hall–Kier alpha value is -3.31. The summed E-state index contributed by atoms with van der Waals surface area (Å²) in [5, 5.41) is 5.80. The number of carbonyl (C=O) groups excluding carboxylic acids is 2. The highest BCUT2D eigenvalue weighted by molar-refractivity contribution is 6.34. The second-order valence-corrected chi connectivity index (χ2v) is 7.37. The lowest BCUT2D eigenvalue weighted by atomic mass is 10.1. The molecule has 0 aromatic heterocycles. The Labute approximate surface area is 181 Å². The SMILES string of the molecule is CC(=O)Nc1ccc(NC(=O)Cc2cccc(OCc3ccccc3C)c2)c(Cl)c1. The van der Waals surface area contributed by atoms with Crippen molar-refractivity contribution in [3.8, 4) is 5.75 Å². The highest BCUT2D eigenvalue weighted by atomic mass is 35.5. The zero-order chi connectivity index (χ0) is 21.5. The molecule has 0 saturated heterocycles. The lowest BCUT2D eigenvalue weighted by Gasteiger charge is -2.11. The van der Waals surface area contributed by atoms with Crippen LogP contribution in [-0.4, -0.2) is 11.8 Å². The molecule has 0 spiro atoms. The molecule has 0 aliphatic heterocycles. The van der Waals surface area contributed by atoms with Gasteiger partial charge in [-0.2, -0.15) is 0 Å². The molecule has 0 unspecified atom stereocenters. The third-order valence-corrected chi connectivity index (χ3v) is 4.79. The van der Waals surface area contributed by atoms with Gasteiger partial charge in [-0.1, -0.05) is 48.0 Å². The van der Waals surface area contributed by atoms with E-state index in [4.69, 9.17) is 16.3 Å². The number of hydrogen-bond donors (Lipinski definition) is 2. The summed E-state index contributed by atoms with van der Waals surface area (Å²) in [6.45, 7) is 3.94. The van der Waals surface area contributed by atoms with Crippen molar-refractivity contribution in [3.63, 3.8) is 0 Å². The first-order valence-electron chi connectivity index (χ1n) is 9.54. The van der Waals surface area contributed by atoms with Gasteiger partial charge in [0.1, 0.15) is 12.4 Å². The predicted molar refractivity (Wildman–Crippen MR) is 120 cm³/mol. The third kappa shape index (κ3) is 6.09. The largest absolute Gasteiger partial charge is 0.489 e. The Balaban J connectivity index is 1.60. The number of ether oxygens (including phenoxy) is 1. The summed E-state index contributed by atoms with van der Waals surface area (Å²) in [5.74, 6) is 0.328. The normalized spacial score (nSPS) is 10.4. The van der Waals surface area contributed by atoms with Crippen molar-refractivity contribution in [3.05, 3.63) is 88.4 Å². The minimum absolute atomic E-state index is 0.186. The van der Waals surface area contributed by atoms with E-state index >= 15 is 0 Å². The summed E-state index contributed by atoms with van der Waals surface area (Å²) in [7, 11) is 0. The summed E-state index contributed by atoms with van der Waals surface area (Å²) in [5.41, 5.74) is 4.19. The number of aryl methyl sites for hydroxylation is 1. The number of halogens is 1. The molecule has 2 N–H and O–H groups in total. The number of hydrogen-bond acceptors (Lipinski definition) is 3. The smallest absolute Gasteiger partial charge is 0.228 e. The molecule has 0 aliphatic rings. The monoisotopic (exact) mass is 422 g/mol. The second-order valence-electron chi connectivity index (χ2n) is 6.96. The maximum atomic E-state index is 12.5. The summed E-state index contributed by atoms with van der Waals surface area (Å²) in [6, 6.07) is 20.5. The van der Waals surface area contributed by atoms with Gasteiger partial charge >= 0.3 is 0 Å². The Morgan fingerprint density at radius 1 is 0.967 bits per heavy atom. The molecule has 5 nitrogen and oxygen atoms in total. The lowest BCUT2D eigenvalue weighted by Crippen LogP contribution is -2.15. The van der Waals surface area contributed by atoms with E-state index in [2.05, 4.69) is 10.6 Å². The molecular formula is C24H23ClN2O3. The molecule has 30 heavy (non-hydrogen) atoms. The highest BCUT2D eigenvalue weighted by Gasteiger charge is 2.09. The third-order valence-electron chi connectivity index (χ3n) is 4.48. The minimum Gasteiger partial charge on any atom is -0.489 e. The number of benzene rings is 3. The fourth-order valence-corrected chi connectivity index (χ4v) is 3.18. The van der Waals surface area contributed by atoms with Gasteiger partial charge in [0.2, 0.25) is 11.8 Å². The van der Waals surface area contributed by atoms with Crippen LogP contribution in [0.15, 0.2) is 66.7 Å². The first kappa shape index (κ1) is 21.4. The zero-order valence-corrected chi connectivity index (χ0v) is 17.6. The van der Waals surface area contributed by atoms with E-state index < -0.39 is 0 Å². The first-order chi connectivity index (χ1) is 14.4. The van der Waals surface area contributed by atoms with Crippen LogP contribution in [0.1, 0.15) is 23.6 Å². The van der Waals surface area contributed by atoms with Crippen LogP contribution in [0.3, 0.4) is 0 Å². The van der Waals surface area contributed by atoms with E-state index in [1.807, 2.05) is 55.5 Å². The van der Waals surface area contributed by atoms with Crippen molar-refractivity contribution in [1.29, 1.82) is 0 Å². The van der Waals surface area contributed by atoms with Gasteiger partial charge in [0.25, 0.3) is 0 Å². The maximum Gasteiger partial charge on any atom is 0.228 e. The minimum atomic E-state index is -0.194. The Morgan fingerprint density at radius 3 is 2.50 bits per heavy atom. The quantitative estimate of drug-likeness (QED) is 0.538. The zero-order valence-electron chi connectivity index (χ0n) is 16.9. The van der Waals surface area contributed by atoms with Gasteiger partial charge in [-0.15, -0.1) is 0 Å². The predicted octanol–water partition coefficient (Wildman–Crippen LogP) is 5.37. The van der Waals surface area contributed by atoms with E-state index in [1.54, 1.807) is 18.2 Å². The van der Waals surface area contributed by atoms with Crippen LogP contribution in [0, 0.1) is 6.92 Å². The molecule has 154 valence electrons. The molecule has 0 bridgehead atoms. The Morgan fingerprint density at radius 2 is 1.77 bits per heavy atom. The lowest BCUT2D eigenvalue weighted by molar-refractivity contribution is -0.116. The van der Waals surface area contributed by atoms with Gasteiger partial charge in [-0.05, 0) is 53.9 Å². The Bertz CT molecular complexity index is 1070. The molecule has 0 heterocycles. The number of amides is 2. The molecule has 3 aromatic carbocycles. The van der Waals surface area contributed by atoms with Crippen molar-refractivity contribution in [2.75, 3.05) is 10.6 Å². The van der Waals surface area contributed by atoms with Crippen LogP contribution in [0.2, 0.25) is 5.02 Å². The number of nitrogens with one attached hydrogen (secondary N) is 2. The molecule has 0 atom stereocenters. The molecule has 0 fully saturated rings. The van der Waals surface area contributed by atoms with Crippen LogP contribution in [-0.2, 0) is 22.6 Å². The van der Waals surface area contributed by atoms with Gasteiger partial charge in [0.15, 0.2) is 0 Å². The number of rotatable bonds is 7. The molecule has 3 aromatic rings. The summed E-state index contributed by atoms with van der Waals surface area (Å²) >= 11 is 6.21. The van der Waals surface area contributed by atoms with Crippen molar-refractivity contribution in [2.45, 2.75) is 26.9 Å². The second kappa shape index (κ2) is 9.94. The molecule has 2 amide bonds. The molecule has 0 aliphatic carbocycles. The molecule has 0 saturated carbocycles.